The molecule has 3 aromatic heterocycles. The second-order valence-corrected chi connectivity index (χ2v) is 10.9. The number of amides is 1. The number of ether oxygens (including phenoxy) is 1. The van der Waals surface area contributed by atoms with Gasteiger partial charge >= 0.3 is 0 Å². The summed E-state index contributed by atoms with van der Waals surface area (Å²) in [7, 11) is 0. The third kappa shape index (κ3) is 5.49. The summed E-state index contributed by atoms with van der Waals surface area (Å²) in [4.78, 5) is 15.9. The number of carbonyl (C=O) groups excluding carboxylic acids is 1. The fourth-order valence-electron chi connectivity index (χ4n) is 4.78. The number of carbonyl (C=O) groups is 1. The second-order valence-electron chi connectivity index (χ2n) is 10.9. The Bertz CT molecular complexity index is 1790. The molecule has 8 nitrogen and oxygen atoms in total. The Morgan fingerprint density at radius 3 is 2.37 bits per heavy atom. The maximum atomic E-state index is 14.0. The van der Waals surface area contributed by atoms with Crippen LogP contribution in [0.1, 0.15) is 53.8 Å². The number of aromatic nitrogens is 4. The average molecular weight is 566 g/mol. The van der Waals surface area contributed by atoms with Gasteiger partial charge in [0.15, 0.2) is 5.65 Å². The van der Waals surface area contributed by atoms with E-state index in [1.807, 2.05) is 0 Å². The third-order valence-corrected chi connectivity index (χ3v) is 6.87. The number of H-pyrrole nitrogens is 1. The minimum atomic E-state index is -3.08. The summed E-state index contributed by atoms with van der Waals surface area (Å²) in [6.45, 7) is 8.48. The predicted octanol–water partition coefficient (Wildman–Crippen LogP) is 6.35. The van der Waals surface area contributed by atoms with E-state index in [-0.39, 0.29) is 11.5 Å². The summed E-state index contributed by atoms with van der Waals surface area (Å²) >= 11 is 0. The average Bonchev–Trinajstić information content (AvgIpc) is 3.47. The first-order valence-corrected chi connectivity index (χ1v) is 13.0. The van der Waals surface area contributed by atoms with Gasteiger partial charge in [-0.05, 0) is 81.6 Å². The highest BCUT2D eigenvalue weighted by Crippen LogP contribution is 2.42. The molecule has 0 aliphatic rings. The van der Waals surface area contributed by atoms with Crippen molar-refractivity contribution in [2.45, 2.75) is 53.1 Å². The van der Waals surface area contributed by atoms with Crippen LogP contribution in [0, 0.1) is 26.6 Å². The van der Waals surface area contributed by atoms with Crippen molar-refractivity contribution in [3.8, 4) is 22.6 Å². The van der Waals surface area contributed by atoms with Crippen LogP contribution in [0.15, 0.2) is 42.6 Å². The van der Waals surface area contributed by atoms with Crippen LogP contribution in [0.4, 0.5) is 13.2 Å². The first-order chi connectivity index (χ1) is 19.1. The molecule has 214 valence electrons. The van der Waals surface area contributed by atoms with Gasteiger partial charge in [0.2, 0.25) is 0 Å². The van der Waals surface area contributed by atoms with Crippen molar-refractivity contribution in [1.29, 1.82) is 0 Å². The van der Waals surface area contributed by atoms with Crippen molar-refractivity contribution in [1.82, 2.24) is 24.9 Å². The van der Waals surface area contributed by atoms with E-state index in [1.165, 1.54) is 12.1 Å². The molecule has 0 unspecified atom stereocenters. The molecule has 0 saturated carbocycles. The number of hydrogen-bond donors (Lipinski definition) is 3. The lowest BCUT2D eigenvalue weighted by Crippen LogP contribution is -2.34. The molecular formula is C30H30F3N5O3. The standard InChI is InChI=1S/C30H30F3N5O3/c1-15-9-19(31)10-16(2)26(15)41-24-8-7-18(29(4,5)40)11-20(24)22-13-38-17(3)36-37-27(38)25-21(22)12-23(35-25)28(39)34-14-30(6,32)33/h7-13,35,40H,14H2,1-6H3,(H,34,39). The Morgan fingerprint density at radius 1 is 1.05 bits per heavy atom. The Labute approximate surface area is 234 Å². The van der Waals surface area contributed by atoms with Crippen molar-refractivity contribution in [2.75, 3.05) is 6.54 Å². The molecular weight excluding hydrogens is 535 g/mol. The maximum Gasteiger partial charge on any atom is 0.267 e. The molecule has 0 aliphatic carbocycles. The summed E-state index contributed by atoms with van der Waals surface area (Å²) in [6, 6.07) is 9.59. The van der Waals surface area contributed by atoms with Gasteiger partial charge in [0.1, 0.15) is 28.8 Å². The number of alkyl halides is 2. The number of aryl methyl sites for hydroxylation is 3. The van der Waals surface area contributed by atoms with Gasteiger partial charge in [-0.15, -0.1) is 10.2 Å². The fourth-order valence-corrected chi connectivity index (χ4v) is 4.78. The van der Waals surface area contributed by atoms with Crippen molar-refractivity contribution >= 4 is 22.5 Å². The molecule has 0 saturated heterocycles. The van der Waals surface area contributed by atoms with Crippen LogP contribution >= 0.6 is 0 Å². The van der Waals surface area contributed by atoms with Crippen LogP contribution in [-0.2, 0) is 5.60 Å². The van der Waals surface area contributed by atoms with Gasteiger partial charge < -0.3 is 20.1 Å². The summed E-state index contributed by atoms with van der Waals surface area (Å²) in [6.07, 6.45) is 1.80. The van der Waals surface area contributed by atoms with Crippen LogP contribution in [0.5, 0.6) is 11.5 Å². The minimum absolute atomic E-state index is 0.0607. The summed E-state index contributed by atoms with van der Waals surface area (Å²) in [5.74, 6) is -2.69. The molecule has 41 heavy (non-hydrogen) atoms. The number of fused-ring (bicyclic) bond motifs is 3. The van der Waals surface area contributed by atoms with Crippen LogP contribution in [0.3, 0.4) is 0 Å². The van der Waals surface area contributed by atoms with Crippen molar-refractivity contribution in [3.05, 3.63) is 76.6 Å². The number of halogens is 3. The number of hydrogen-bond acceptors (Lipinski definition) is 5. The van der Waals surface area contributed by atoms with E-state index in [0.29, 0.717) is 61.7 Å². The summed E-state index contributed by atoms with van der Waals surface area (Å²) in [5, 5.41) is 22.0. The molecule has 5 rings (SSSR count). The Hall–Kier alpha value is -4.38. The molecule has 0 aliphatic heterocycles. The number of aliphatic hydroxyl groups is 1. The van der Waals surface area contributed by atoms with Gasteiger partial charge in [0.05, 0.1) is 17.7 Å². The summed E-state index contributed by atoms with van der Waals surface area (Å²) < 4.78 is 49.0. The second kappa shape index (κ2) is 9.91. The number of rotatable bonds is 7. The number of benzene rings is 2. The molecule has 0 atom stereocenters. The van der Waals surface area contributed by atoms with Crippen molar-refractivity contribution in [3.63, 3.8) is 0 Å². The highest BCUT2D eigenvalue weighted by atomic mass is 19.3. The first-order valence-electron chi connectivity index (χ1n) is 13.0. The molecule has 5 aromatic rings. The van der Waals surface area contributed by atoms with Crippen molar-refractivity contribution < 1.29 is 27.8 Å². The van der Waals surface area contributed by atoms with Crippen LogP contribution in [0.2, 0.25) is 0 Å². The van der Waals surface area contributed by atoms with E-state index in [9.17, 15) is 23.1 Å². The molecule has 2 aromatic carbocycles. The lowest BCUT2D eigenvalue weighted by atomic mass is 9.93. The van der Waals surface area contributed by atoms with Crippen LogP contribution in [-0.4, -0.2) is 43.1 Å². The SMILES string of the molecule is Cc1cc(F)cc(C)c1Oc1ccc(C(C)(C)O)cc1-c1cn2c(C)nnc2c2[nH]c(C(=O)NCC(C)(F)F)cc12. The fraction of sp³-hybridized carbons (Fsp3) is 0.300. The van der Waals surface area contributed by atoms with Crippen molar-refractivity contribution in [2.24, 2.45) is 0 Å². The number of nitrogens with one attached hydrogen (secondary N) is 2. The van der Waals surface area contributed by atoms with E-state index >= 15 is 0 Å². The quantitative estimate of drug-likeness (QED) is 0.213. The summed E-state index contributed by atoms with van der Waals surface area (Å²) in [5.41, 5.74) is 2.73. The van der Waals surface area contributed by atoms with E-state index in [1.54, 1.807) is 69.5 Å². The third-order valence-electron chi connectivity index (χ3n) is 6.87. The minimum Gasteiger partial charge on any atom is -0.456 e. The van der Waals surface area contributed by atoms with E-state index < -0.39 is 24.0 Å². The zero-order valence-electron chi connectivity index (χ0n) is 23.5. The highest BCUT2D eigenvalue weighted by Gasteiger charge is 2.26. The van der Waals surface area contributed by atoms with Gasteiger partial charge in [-0.1, -0.05) is 6.07 Å². The van der Waals surface area contributed by atoms with Gasteiger partial charge in [-0.3, -0.25) is 9.20 Å². The largest absolute Gasteiger partial charge is 0.456 e. The zero-order valence-corrected chi connectivity index (χ0v) is 23.5. The van der Waals surface area contributed by atoms with Crippen LogP contribution in [0.25, 0.3) is 27.7 Å². The first kappa shape index (κ1) is 28.2. The van der Waals surface area contributed by atoms with Crippen LogP contribution < -0.4 is 10.1 Å². The van der Waals surface area contributed by atoms with E-state index in [4.69, 9.17) is 4.74 Å². The normalized spacial score (nSPS) is 12.3. The molecule has 11 heteroatoms. The topological polar surface area (TPSA) is 105 Å². The highest BCUT2D eigenvalue weighted by molar-refractivity contribution is 6.07. The zero-order chi connectivity index (χ0) is 29.9. The molecule has 3 heterocycles. The van der Waals surface area contributed by atoms with Gasteiger partial charge in [-0.2, -0.15) is 0 Å². The van der Waals surface area contributed by atoms with Gasteiger partial charge in [0.25, 0.3) is 11.8 Å². The van der Waals surface area contributed by atoms with Gasteiger partial charge in [-0.25, -0.2) is 13.2 Å². The maximum absolute atomic E-state index is 14.0. The monoisotopic (exact) mass is 565 g/mol. The Morgan fingerprint density at radius 2 is 1.73 bits per heavy atom. The lowest BCUT2D eigenvalue weighted by Gasteiger charge is -2.22. The number of pyridine rings is 1. The Kier molecular flexibility index (Phi) is 6.81. The predicted molar refractivity (Wildman–Crippen MR) is 149 cm³/mol. The van der Waals surface area contributed by atoms with E-state index in [2.05, 4.69) is 20.5 Å². The van der Waals surface area contributed by atoms with Gasteiger partial charge in [0, 0.05) is 29.6 Å². The molecule has 0 fully saturated rings. The lowest BCUT2D eigenvalue weighted by molar-refractivity contribution is 0.0220. The molecule has 0 bridgehead atoms. The molecule has 1 amide bonds. The smallest absolute Gasteiger partial charge is 0.267 e. The number of aromatic amines is 1. The Balaban J connectivity index is 1.75. The molecule has 0 radical (unpaired) electrons. The molecule has 3 N–H and O–H groups in total. The molecule has 0 spiro atoms. The van der Waals surface area contributed by atoms with E-state index in [0.717, 1.165) is 6.92 Å². The number of nitrogens with zero attached hydrogens (tertiary/aromatic N) is 3.